The van der Waals surface area contributed by atoms with E-state index in [1.165, 1.54) is 0 Å². The molecule has 1 aromatic carbocycles. The topological polar surface area (TPSA) is 13.1 Å². The van der Waals surface area contributed by atoms with Gasteiger partial charge in [0, 0.05) is 15.6 Å². The van der Waals surface area contributed by atoms with E-state index in [2.05, 4.69) is 15.9 Å². The molecular formula is C15H8BrF9O. The van der Waals surface area contributed by atoms with Gasteiger partial charge in [-0.05, 0) is 30.7 Å². The molecule has 0 aliphatic heterocycles. The van der Waals surface area contributed by atoms with Crippen molar-refractivity contribution in [1.82, 2.24) is 0 Å². The number of halogens is 10. The zero-order chi connectivity index (χ0) is 20.1. The van der Waals surface area contributed by atoms with Crippen LogP contribution < -0.4 is 0 Å². The zero-order valence-corrected chi connectivity index (χ0v) is 14.2. The van der Waals surface area contributed by atoms with Crippen molar-refractivity contribution in [2.45, 2.75) is 30.9 Å². The molecule has 1 heterocycles. The molecule has 0 aliphatic carbocycles. The second kappa shape index (κ2) is 6.21. The second-order valence-corrected chi connectivity index (χ2v) is 6.23. The summed E-state index contributed by atoms with van der Waals surface area (Å²) in [5.41, 5.74) is -9.03. The first-order valence-electron chi connectivity index (χ1n) is 6.69. The zero-order valence-electron chi connectivity index (χ0n) is 12.6. The molecule has 0 saturated carbocycles. The van der Waals surface area contributed by atoms with Crippen molar-refractivity contribution >= 4 is 15.9 Å². The summed E-state index contributed by atoms with van der Waals surface area (Å²) in [5.74, 6) is -7.27. The van der Waals surface area contributed by atoms with E-state index >= 15 is 0 Å². The van der Waals surface area contributed by atoms with E-state index in [-0.39, 0.29) is 16.1 Å². The van der Waals surface area contributed by atoms with Gasteiger partial charge in [-0.15, -0.1) is 0 Å². The van der Waals surface area contributed by atoms with E-state index < -0.39 is 40.8 Å². The van der Waals surface area contributed by atoms with Gasteiger partial charge in [-0.25, -0.2) is 4.39 Å². The van der Waals surface area contributed by atoms with Crippen LogP contribution >= 0.6 is 15.9 Å². The van der Waals surface area contributed by atoms with Gasteiger partial charge in [-0.1, -0.05) is 22.0 Å². The van der Waals surface area contributed by atoms with Gasteiger partial charge in [0.2, 0.25) is 0 Å². The lowest BCUT2D eigenvalue weighted by molar-refractivity contribution is -0.389. The van der Waals surface area contributed by atoms with Gasteiger partial charge in [0.25, 0.3) is 0 Å². The minimum atomic E-state index is -6.80. The van der Waals surface area contributed by atoms with Gasteiger partial charge >= 0.3 is 23.9 Å². The van der Waals surface area contributed by atoms with E-state index in [4.69, 9.17) is 4.42 Å². The summed E-state index contributed by atoms with van der Waals surface area (Å²) in [5, 5.41) is 0. The molecule has 0 N–H and O–H groups in total. The Hall–Kier alpha value is -1.65. The minimum absolute atomic E-state index is 0.175. The molecule has 0 amide bonds. The number of aryl methyl sites for hydroxylation is 1. The molecule has 2 aromatic rings. The molecule has 0 radical (unpaired) electrons. The van der Waals surface area contributed by atoms with Gasteiger partial charge in [-0.3, -0.25) is 0 Å². The fourth-order valence-corrected chi connectivity index (χ4v) is 3.15. The van der Waals surface area contributed by atoms with Gasteiger partial charge in [0.05, 0.1) is 6.26 Å². The highest BCUT2D eigenvalue weighted by molar-refractivity contribution is 9.10. The number of hydrogen-bond acceptors (Lipinski definition) is 1. The van der Waals surface area contributed by atoms with Gasteiger partial charge in [0.1, 0.15) is 5.76 Å². The highest BCUT2D eigenvalue weighted by Gasteiger charge is 2.82. The third-order valence-electron chi connectivity index (χ3n) is 3.55. The first kappa shape index (κ1) is 20.7. The molecule has 1 unspecified atom stereocenters. The highest BCUT2D eigenvalue weighted by Crippen LogP contribution is 2.60. The lowest BCUT2D eigenvalue weighted by Gasteiger charge is -2.37. The molecule has 0 aliphatic rings. The number of benzene rings is 1. The maximum Gasteiger partial charge on any atom is 0.457 e. The Morgan fingerprint density at radius 2 is 1.46 bits per heavy atom. The van der Waals surface area contributed by atoms with Crippen molar-refractivity contribution in [3.05, 3.63) is 46.1 Å². The van der Waals surface area contributed by atoms with Crippen LogP contribution in [0.2, 0.25) is 0 Å². The van der Waals surface area contributed by atoms with Crippen molar-refractivity contribution in [2.75, 3.05) is 0 Å². The van der Waals surface area contributed by atoms with Crippen molar-refractivity contribution in [3.63, 3.8) is 0 Å². The van der Waals surface area contributed by atoms with E-state index in [1.54, 1.807) is 0 Å². The molecule has 0 saturated heterocycles. The lowest BCUT2D eigenvalue weighted by atomic mass is 9.83. The molecule has 1 aromatic heterocycles. The quantitative estimate of drug-likeness (QED) is 0.457. The normalized spacial score (nSPS) is 15.8. The van der Waals surface area contributed by atoms with Crippen LogP contribution in [0.3, 0.4) is 0 Å². The largest absolute Gasteiger partial charge is 0.464 e. The third-order valence-corrected chi connectivity index (χ3v) is 4.18. The lowest BCUT2D eigenvalue weighted by Crippen LogP contribution is -2.60. The number of alkyl halides is 9. The summed E-state index contributed by atoms with van der Waals surface area (Å²) in [6, 6.07) is 3.57. The van der Waals surface area contributed by atoms with Crippen LogP contribution in [-0.4, -0.2) is 18.3 Å². The number of furan rings is 1. The predicted octanol–water partition coefficient (Wildman–Crippen LogP) is 6.94. The van der Waals surface area contributed by atoms with E-state index in [9.17, 15) is 39.5 Å². The van der Waals surface area contributed by atoms with Crippen LogP contribution in [0, 0.1) is 6.92 Å². The van der Waals surface area contributed by atoms with Gasteiger partial charge in [0.15, 0.2) is 0 Å². The summed E-state index contributed by atoms with van der Waals surface area (Å²) < 4.78 is 125. The van der Waals surface area contributed by atoms with E-state index in [0.29, 0.717) is 0 Å². The van der Waals surface area contributed by atoms with Crippen LogP contribution in [0.15, 0.2) is 39.4 Å². The second-order valence-electron chi connectivity index (χ2n) is 5.37. The average Bonchev–Trinajstić information content (AvgIpc) is 2.96. The molecule has 0 bridgehead atoms. The summed E-state index contributed by atoms with van der Waals surface area (Å²) in [7, 11) is 0. The maximum atomic E-state index is 14.9. The van der Waals surface area contributed by atoms with E-state index in [0.717, 1.165) is 31.4 Å². The summed E-state index contributed by atoms with van der Waals surface area (Å²) >= 11 is 2.78. The molecule has 144 valence electrons. The first-order valence-corrected chi connectivity index (χ1v) is 7.48. The summed E-state index contributed by atoms with van der Waals surface area (Å²) in [4.78, 5) is 0. The van der Waals surface area contributed by atoms with Crippen LogP contribution in [-0.2, 0) is 5.67 Å². The monoisotopic (exact) mass is 454 g/mol. The Bertz CT molecular complexity index is 793. The molecule has 0 fully saturated rings. The van der Waals surface area contributed by atoms with Crippen molar-refractivity contribution < 1.29 is 43.9 Å². The highest BCUT2D eigenvalue weighted by atomic mass is 79.9. The summed E-state index contributed by atoms with van der Waals surface area (Å²) in [6.45, 7) is 1.11. The van der Waals surface area contributed by atoms with Gasteiger partial charge in [-0.2, -0.15) is 35.1 Å². The SMILES string of the molecule is Cc1cc(Br)c(-c2ccco2)c(C(F)(C(F)(F)F)C(F)(F)C(F)(F)F)c1. The third kappa shape index (κ3) is 2.99. The Labute approximate surface area is 148 Å². The van der Waals surface area contributed by atoms with Crippen LogP contribution in [0.25, 0.3) is 11.3 Å². The average molecular weight is 455 g/mol. The Morgan fingerprint density at radius 3 is 1.88 bits per heavy atom. The Kier molecular flexibility index (Phi) is 4.93. The van der Waals surface area contributed by atoms with Crippen molar-refractivity contribution in [3.8, 4) is 11.3 Å². The first-order chi connectivity index (χ1) is 11.6. The Balaban J connectivity index is 2.97. The van der Waals surface area contributed by atoms with Crippen LogP contribution in [0.4, 0.5) is 39.5 Å². The standard InChI is InChI=1S/C15H8BrF9O/c1-7-5-8(11(9(16)6-7)10-3-2-4-26-10)12(17,14(20,21)22)13(18,19)15(23,24)25/h2-6H,1H3. The van der Waals surface area contributed by atoms with Crippen molar-refractivity contribution in [2.24, 2.45) is 0 Å². The predicted molar refractivity (Wildman–Crippen MR) is 76.4 cm³/mol. The molecule has 0 spiro atoms. The van der Waals surface area contributed by atoms with E-state index in [1.807, 2.05) is 0 Å². The molecule has 1 atom stereocenters. The molecule has 1 nitrogen and oxygen atoms in total. The van der Waals surface area contributed by atoms with Crippen LogP contribution in [0.5, 0.6) is 0 Å². The maximum absolute atomic E-state index is 14.9. The molecule has 11 heteroatoms. The fourth-order valence-electron chi connectivity index (χ4n) is 2.38. The molecular weight excluding hydrogens is 447 g/mol. The summed E-state index contributed by atoms with van der Waals surface area (Å²) in [6.07, 6.45) is -12.4. The smallest absolute Gasteiger partial charge is 0.457 e. The fraction of sp³-hybridized carbons (Fsp3) is 0.333. The van der Waals surface area contributed by atoms with Crippen LogP contribution in [0.1, 0.15) is 11.1 Å². The van der Waals surface area contributed by atoms with Gasteiger partial charge < -0.3 is 4.42 Å². The number of rotatable bonds is 3. The molecule has 26 heavy (non-hydrogen) atoms. The molecule has 2 rings (SSSR count). The van der Waals surface area contributed by atoms with Crippen molar-refractivity contribution in [1.29, 1.82) is 0 Å². The Morgan fingerprint density at radius 1 is 0.885 bits per heavy atom. The minimum Gasteiger partial charge on any atom is -0.464 e. The number of hydrogen-bond donors (Lipinski definition) is 0.